The van der Waals surface area contributed by atoms with E-state index < -0.39 is 0 Å². The van der Waals surface area contributed by atoms with E-state index in [1.807, 2.05) is 0 Å². The summed E-state index contributed by atoms with van der Waals surface area (Å²) in [7, 11) is 1.69. The van der Waals surface area contributed by atoms with Crippen molar-refractivity contribution in [3.05, 3.63) is 34.6 Å². The van der Waals surface area contributed by atoms with Crippen molar-refractivity contribution in [2.24, 2.45) is 5.41 Å². The number of hydrogen-bond donors (Lipinski definition) is 1. The molecule has 0 saturated carbocycles. The molecule has 1 aromatic rings. The standard InChI is InChI=1S/C16H25ClFNO/c1-4-7-16(2,12-19-8-9-20-3)11-13-10-14(17)5-6-15(13)18/h5-6,10,19H,4,7-9,11-12H2,1-3H3. The van der Waals surface area contributed by atoms with Crippen LogP contribution in [0.4, 0.5) is 4.39 Å². The average Bonchev–Trinajstić information content (AvgIpc) is 2.39. The molecule has 0 radical (unpaired) electrons. The Balaban J connectivity index is 2.71. The van der Waals surface area contributed by atoms with Gasteiger partial charge in [0.2, 0.25) is 0 Å². The SMILES string of the molecule is CCCC(C)(CNCCOC)Cc1cc(Cl)ccc1F. The fraction of sp³-hybridized carbons (Fsp3) is 0.625. The van der Waals surface area contributed by atoms with Gasteiger partial charge >= 0.3 is 0 Å². The molecule has 1 N–H and O–H groups in total. The van der Waals surface area contributed by atoms with Crippen LogP contribution in [0.2, 0.25) is 5.02 Å². The van der Waals surface area contributed by atoms with Crippen molar-refractivity contribution >= 4 is 11.6 Å². The lowest BCUT2D eigenvalue weighted by molar-refractivity contribution is 0.189. The first-order chi connectivity index (χ1) is 9.50. The molecule has 0 saturated heterocycles. The van der Waals surface area contributed by atoms with Crippen molar-refractivity contribution in [3.8, 4) is 0 Å². The molecule has 0 fully saturated rings. The third-order valence-electron chi connectivity index (χ3n) is 3.51. The summed E-state index contributed by atoms with van der Waals surface area (Å²) in [5.74, 6) is -0.173. The van der Waals surface area contributed by atoms with E-state index in [1.165, 1.54) is 6.07 Å². The van der Waals surface area contributed by atoms with Gasteiger partial charge in [0.1, 0.15) is 5.82 Å². The van der Waals surface area contributed by atoms with E-state index in [-0.39, 0.29) is 11.2 Å². The van der Waals surface area contributed by atoms with E-state index >= 15 is 0 Å². The Morgan fingerprint density at radius 3 is 2.80 bits per heavy atom. The normalized spacial score (nSPS) is 14.2. The molecule has 20 heavy (non-hydrogen) atoms. The maximum absolute atomic E-state index is 13.9. The zero-order valence-corrected chi connectivity index (χ0v) is 13.4. The number of methoxy groups -OCH3 is 1. The summed E-state index contributed by atoms with van der Waals surface area (Å²) in [6.45, 7) is 6.69. The first-order valence-electron chi connectivity index (χ1n) is 7.14. The van der Waals surface area contributed by atoms with Gasteiger partial charge in [0, 0.05) is 25.2 Å². The lowest BCUT2D eigenvalue weighted by atomic mass is 9.79. The molecule has 1 aromatic carbocycles. The van der Waals surface area contributed by atoms with Gasteiger partial charge in [-0.05, 0) is 42.0 Å². The predicted molar refractivity (Wildman–Crippen MR) is 82.9 cm³/mol. The van der Waals surface area contributed by atoms with E-state index in [1.54, 1.807) is 19.2 Å². The van der Waals surface area contributed by atoms with Crippen molar-refractivity contribution < 1.29 is 9.13 Å². The van der Waals surface area contributed by atoms with Gasteiger partial charge in [-0.25, -0.2) is 4.39 Å². The molecule has 0 aliphatic rings. The van der Waals surface area contributed by atoms with Crippen LogP contribution in [0.25, 0.3) is 0 Å². The van der Waals surface area contributed by atoms with Crippen LogP contribution in [0.1, 0.15) is 32.3 Å². The Hall–Kier alpha value is -0.640. The highest BCUT2D eigenvalue weighted by Crippen LogP contribution is 2.29. The second-order valence-electron chi connectivity index (χ2n) is 5.64. The molecule has 2 nitrogen and oxygen atoms in total. The summed E-state index contributed by atoms with van der Waals surface area (Å²) in [5.41, 5.74) is 0.718. The second-order valence-corrected chi connectivity index (χ2v) is 6.08. The van der Waals surface area contributed by atoms with E-state index in [9.17, 15) is 4.39 Å². The van der Waals surface area contributed by atoms with Gasteiger partial charge in [-0.1, -0.05) is 31.9 Å². The minimum Gasteiger partial charge on any atom is -0.383 e. The van der Waals surface area contributed by atoms with Crippen LogP contribution in [0, 0.1) is 11.2 Å². The number of benzene rings is 1. The molecule has 0 bridgehead atoms. The van der Waals surface area contributed by atoms with Crippen LogP contribution < -0.4 is 5.32 Å². The molecule has 114 valence electrons. The molecule has 0 amide bonds. The zero-order valence-electron chi connectivity index (χ0n) is 12.6. The summed E-state index contributed by atoms with van der Waals surface area (Å²) >= 11 is 5.97. The third-order valence-corrected chi connectivity index (χ3v) is 3.75. The van der Waals surface area contributed by atoms with Crippen molar-refractivity contribution in [1.82, 2.24) is 5.32 Å². The molecule has 1 rings (SSSR count). The summed E-state index contributed by atoms with van der Waals surface area (Å²) in [6, 6.07) is 4.77. The van der Waals surface area contributed by atoms with Gasteiger partial charge in [-0.3, -0.25) is 0 Å². The van der Waals surface area contributed by atoms with E-state index in [0.717, 1.165) is 25.9 Å². The van der Waals surface area contributed by atoms with Crippen molar-refractivity contribution in [1.29, 1.82) is 0 Å². The highest BCUT2D eigenvalue weighted by molar-refractivity contribution is 6.30. The number of rotatable bonds is 9. The molecule has 0 aliphatic carbocycles. The van der Waals surface area contributed by atoms with E-state index in [0.29, 0.717) is 23.6 Å². The Morgan fingerprint density at radius 1 is 1.40 bits per heavy atom. The molecular formula is C16H25ClFNO. The predicted octanol–water partition coefficient (Wildman–Crippen LogP) is 4.06. The Bertz CT molecular complexity index is 413. The minimum absolute atomic E-state index is 0.0218. The topological polar surface area (TPSA) is 21.3 Å². The maximum atomic E-state index is 13.9. The Labute approximate surface area is 126 Å². The molecule has 0 aromatic heterocycles. The number of nitrogens with one attached hydrogen (secondary N) is 1. The van der Waals surface area contributed by atoms with Gasteiger partial charge in [0.15, 0.2) is 0 Å². The molecule has 0 heterocycles. The van der Waals surface area contributed by atoms with Crippen molar-refractivity contribution in [2.45, 2.75) is 33.1 Å². The van der Waals surface area contributed by atoms with Crippen LogP contribution in [-0.2, 0) is 11.2 Å². The first kappa shape index (κ1) is 17.4. The highest BCUT2D eigenvalue weighted by atomic mass is 35.5. The van der Waals surface area contributed by atoms with Crippen LogP contribution in [0.3, 0.4) is 0 Å². The Morgan fingerprint density at radius 2 is 2.15 bits per heavy atom. The van der Waals surface area contributed by atoms with Gasteiger partial charge in [-0.2, -0.15) is 0 Å². The smallest absolute Gasteiger partial charge is 0.126 e. The summed E-state index contributed by atoms with van der Waals surface area (Å²) < 4.78 is 18.9. The van der Waals surface area contributed by atoms with E-state index in [2.05, 4.69) is 19.2 Å². The molecule has 0 spiro atoms. The third kappa shape index (κ3) is 5.78. The first-order valence-corrected chi connectivity index (χ1v) is 7.52. The van der Waals surface area contributed by atoms with Crippen LogP contribution in [-0.4, -0.2) is 26.8 Å². The molecular weight excluding hydrogens is 277 g/mol. The minimum atomic E-state index is -0.173. The number of hydrogen-bond acceptors (Lipinski definition) is 2. The summed E-state index contributed by atoms with van der Waals surface area (Å²) in [4.78, 5) is 0. The van der Waals surface area contributed by atoms with Crippen LogP contribution in [0.15, 0.2) is 18.2 Å². The highest BCUT2D eigenvalue weighted by Gasteiger charge is 2.25. The summed E-state index contributed by atoms with van der Waals surface area (Å²) in [5, 5.41) is 3.98. The molecule has 4 heteroatoms. The maximum Gasteiger partial charge on any atom is 0.126 e. The monoisotopic (exact) mass is 301 g/mol. The number of ether oxygens (including phenoxy) is 1. The van der Waals surface area contributed by atoms with Crippen molar-refractivity contribution in [2.75, 3.05) is 26.8 Å². The lowest BCUT2D eigenvalue weighted by Crippen LogP contribution is -2.35. The number of halogens is 2. The van der Waals surface area contributed by atoms with E-state index in [4.69, 9.17) is 16.3 Å². The van der Waals surface area contributed by atoms with Crippen LogP contribution >= 0.6 is 11.6 Å². The van der Waals surface area contributed by atoms with Crippen LogP contribution in [0.5, 0.6) is 0 Å². The van der Waals surface area contributed by atoms with Gasteiger partial charge in [0.25, 0.3) is 0 Å². The van der Waals surface area contributed by atoms with Crippen molar-refractivity contribution in [3.63, 3.8) is 0 Å². The van der Waals surface area contributed by atoms with Gasteiger partial charge in [0.05, 0.1) is 6.61 Å². The molecule has 1 unspecified atom stereocenters. The lowest BCUT2D eigenvalue weighted by Gasteiger charge is -2.30. The quantitative estimate of drug-likeness (QED) is 0.694. The van der Waals surface area contributed by atoms with Gasteiger partial charge < -0.3 is 10.1 Å². The Kier molecular flexibility index (Phi) is 7.49. The second kappa shape index (κ2) is 8.60. The average molecular weight is 302 g/mol. The largest absolute Gasteiger partial charge is 0.383 e. The fourth-order valence-corrected chi connectivity index (χ4v) is 2.74. The summed E-state index contributed by atoms with van der Waals surface area (Å²) in [6.07, 6.45) is 2.80. The zero-order chi connectivity index (χ0) is 15.0. The fourth-order valence-electron chi connectivity index (χ4n) is 2.55. The molecule has 0 aliphatic heterocycles. The molecule has 1 atom stereocenters. The van der Waals surface area contributed by atoms with Gasteiger partial charge in [-0.15, -0.1) is 0 Å².